The van der Waals surface area contributed by atoms with Gasteiger partial charge in [-0.3, -0.25) is 14.6 Å². The van der Waals surface area contributed by atoms with E-state index in [1.807, 2.05) is 18.9 Å². The van der Waals surface area contributed by atoms with Crippen LogP contribution in [0.5, 0.6) is 0 Å². The molecule has 1 amide bonds. The second-order valence-corrected chi connectivity index (χ2v) is 10.0. The fourth-order valence-corrected chi connectivity index (χ4v) is 5.95. The van der Waals surface area contributed by atoms with Crippen molar-refractivity contribution in [2.75, 3.05) is 49.6 Å². The van der Waals surface area contributed by atoms with E-state index in [0.717, 1.165) is 25.7 Å². The summed E-state index contributed by atoms with van der Waals surface area (Å²) in [5.74, 6) is 0.255. The van der Waals surface area contributed by atoms with E-state index in [9.17, 15) is 13.2 Å². The van der Waals surface area contributed by atoms with Gasteiger partial charge in [-0.2, -0.15) is 17.0 Å². The lowest BCUT2D eigenvalue weighted by atomic mass is 9.89. The number of carbonyl (C=O) groups excluding carboxylic acids is 1. The van der Waals surface area contributed by atoms with Crippen molar-refractivity contribution in [1.29, 1.82) is 0 Å². The van der Waals surface area contributed by atoms with Crippen molar-refractivity contribution in [2.24, 2.45) is 5.92 Å². The smallest absolute Gasteiger partial charge is 0.288 e. The molecular weight excluding hydrogens is 464 g/mol. The number of nitrogens with zero attached hydrogens (tertiary/aromatic N) is 5. The number of rotatable bonds is 7. The van der Waals surface area contributed by atoms with Crippen LogP contribution >= 0.6 is 15.9 Å². The van der Waals surface area contributed by atoms with Crippen molar-refractivity contribution in [2.45, 2.75) is 46.0 Å². The molecule has 0 radical (unpaired) electrons. The number of halogens is 1. The first-order chi connectivity index (χ1) is 13.9. The molecule has 1 N–H and O–H groups in total. The SMILES string of the molecule is CCN(CC)S(=O)(=O)N1CCN([n+]2noc(NC(=O)C3CCCCC3)c2Br)CC1. The van der Waals surface area contributed by atoms with Gasteiger partial charge in [-0.25, -0.2) is 0 Å². The van der Waals surface area contributed by atoms with Crippen molar-refractivity contribution >= 4 is 37.9 Å². The van der Waals surface area contributed by atoms with Crippen LogP contribution in [0.25, 0.3) is 0 Å². The van der Waals surface area contributed by atoms with Crippen molar-refractivity contribution in [3.05, 3.63) is 4.60 Å². The molecule has 12 heteroatoms. The molecule has 1 aromatic heterocycles. The predicted molar refractivity (Wildman–Crippen MR) is 111 cm³/mol. The number of piperazine rings is 1. The van der Waals surface area contributed by atoms with Gasteiger partial charge < -0.3 is 0 Å². The molecule has 10 nitrogen and oxygen atoms in total. The standard InChI is InChI=1S/C17H29BrN6O4S/c1-3-22(4-2)29(26,27)23-12-10-21(11-13-23)24-15(18)17(28-20-24)19-16(25)14-8-6-5-7-9-14/h14H,3-13H2,1-2H3/p+1. The number of nitrogens with one attached hydrogen (secondary N) is 1. The molecule has 2 fully saturated rings. The molecule has 0 aromatic carbocycles. The van der Waals surface area contributed by atoms with E-state index in [1.54, 1.807) is 0 Å². The van der Waals surface area contributed by atoms with Gasteiger partial charge >= 0.3 is 10.5 Å². The van der Waals surface area contributed by atoms with E-state index in [-0.39, 0.29) is 17.7 Å². The minimum atomic E-state index is -3.44. The Hall–Kier alpha value is -1.24. The minimum Gasteiger partial charge on any atom is -0.288 e. The maximum atomic E-state index is 12.7. The maximum Gasteiger partial charge on any atom is 0.372 e. The zero-order valence-corrected chi connectivity index (χ0v) is 19.4. The highest BCUT2D eigenvalue weighted by atomic mass is 79.9. The van der Waals surface area contributed by atoms with E-state index in [0.29, 0.717) is 43.9 Å². The first kappa shape index (κ1) is 22.4. The lowest BCUT2D eigenvalue weighted by Gasteiger charge is -2.32. The molecule has 2 heterocycles. The van der Waals surface area contributed by atoms with Crippen LogP contribution in [0.4, 0.5) is 5.88 Å². The Morgan fingerprint density at radius 3 is 2.41 bits per heavy atom. The molecule has 0 atom stereocenters. The highest BCUT2D eigenvalue weighted by Crippen LogP contribution is 2.26. The van der Waals surface area contributed by atoms with Crippen LogP contribution in [0.15, 0.2) is 9.13 Å². The third-order valence-corrected chi connectivity index (χ3v) is 8.49. The minimum absolute atomic E-state index is 0.0167. The van der Waals surface area contributed by atoms with Crippen LogP contribution in [0.1, 0.15) is 46.0 Å². The van der Waals surface area contributed by atoms with Crippen molar-refractivity contribution in [1.82, 2.24) is 13.9 Å². The van der Waals surface area contributed by atoms with E-state index >= 15 is 0 Å². The Morgan fingerprint density at radius 2 is 1.83 bits per heavy atom. The Bertz CT molecular complexity index is 799. The normalized spacial score (nSPS) is 19.7. The molecule has 1 saturated carbocycles. The highest BCUT2D eigenvalue weighted by molar-refractivity contribution is 9.10. The third-order valence-electron chi connectivity index (χ3n) is 5.63. The topological polar surface area (TPSA) is 103 Å². The summed E-state index contributed by atoms with van der Waals surface area (Å²) in [7, 11) is -3.44. The Labute approximate surface area is 180 Å². The van der Waals surface area contributed by atoms with Crippen molar-refractivity contribution < 1.29 is 22.5 Å². The summed E-state index contributed by atoms with van der Waals surface area (Å²) in [5, 5.41) is 8.73. The Balaban J connectivity index is 1.61. The fourth-order valence-electron chi connectivity index (χ4n) is 3.88. The first-order valence-corrected chi connectivity index (χ1v) is 12.5. The van der Waals surface area contributed by atoms with Crippen LogP contribution in [-0.4, -0.2) is 67.5 Å². The summed E-state index contributed by atoms with van der Waals surface area (Å²) in [5.41, 5.74) is 0. The molecule has 0 unspecified atom stereocenters. The van der Waals surface area contributed by atoms with Gasteiger partial charge in [0.15, 0.2) is 0 Å². The number of carbonyl (C=O) groups is 1. The number of hydrogen-bond acceptors (Lipinski definition) is 6. The highest BCUT2D eigenvalue weighted by Gasteiger charge is 2.37. The molecule has 0 spiro atoms. The summed E-state index contributed by atoms with van der Waals surface area (Å²) in [6, 6.07) is 0. The monoisotopic (exact) mass is 493 g/mol. The van der Waals surface area contributed by atoms with Crippen LogP contribution in [0.3, 0.4) is 0 Å². The summed E-state index contributed by atoms with van der Waals surface area (Å²) in [6.45, 7) is 6.22. The summed E-state index contributed by atoms with van der Waals surface area (Å²) < 4.78 is 34.1. The molecule has 2 aliphatic rings. The average molecular weight is 494 g/mol. The van der Waals surface area contributed by atoms with Crippen molar-refractivity contribution in [3.63, 3.8) is 0 Å². The average Bonchev–Trinajstić information content (AvgIpc) is 3.09. The molecule has 1 aliphatic carbocycles. The Kier molecular flexibility index (Phi) is 7.52. The lowest BCUT2D eigenvalue weighted by molar-refractivity contribution is -0.768. The number of hydrogen-bond donors (Lipinski definition) is 1. The summed E-state index contributed by atoms with van der Waals surface area (Å²) >= 11 is 3.45. The molecule has 0 bridgehead atoms. The second-order valence-electron chi connectivity index (χ2n) is 7.35. The van der Waals surface area contributed by atoms with E-state index in [2.05, 4.69) is 26.5 Å². The quantitative estimate of drug-likeness (QED) is 0.570. The molecule has 164 valence electrons. The van der Waals surface area contributed by atoms with Gasteiger partial charge in [0.25, 0.3) is 10.2 Å². The van der Waals surface area contributed by atoms with Gasteiger partial charge in [0.05, 0.1) is 17.9 Å². The van der Waals surface area contributed by atoms with Gasteiger partial charge in [-0.05, 0) is 12.8 Å². The maximum absolute atomic E-state index is 12.7. The molecule has 1 saturated heterocycles. The van der Waals surface area contributed by atoms with Gasteiger partial charge in [0.2, 0.25) is 11.2 Å². The summed E-state index contributed by atoms with van der Waals surface area (Å²) in [6.07, 6.45) is 5.15. The third kappa shape index (κ3) is 4.92. The van der Waals surface area contributed by atoms with Crippen LogP contribution in [0.2, 0.25) is 0 Å². The molecule has 1 aliphatic heterocycles. The van der Waals surface area contributed by atoms with Gasteiger partial charge in [-0.15, -0.1) is 5.01 Å². The van der Waals surface area contributed by atoms with Crippen LogP contribution in [-0.2, 0) is 15.0 Å². The zero-order valence-electron chi connectivity index (χ0n) is 17.0. The van der Waals surface area contributed by atoms with Crippen LogP contribution < -0.4 is 15.1 Å². The van der Waals surface area contributed by atoms with Crippen molar-refractivity contribution in [3.8, 4) is 0 Å². The molecular formula is C17H30BrN6O4S+. The molecule has 29 heavy (non-hydrogen) atoms. The van der Waals surface area contributed by atoms with Crippen LogP contribution in [0, 0.1) is 5.92 Å². The zero-order chi connectivity index (χ0) is 21.0. The van der Waals surface area contributed by atoms with E-state index < -0.39 is 10.2 Å². The fraction of sp³-hybridized carbons (Fsp3) is 0.824. The second kappa shape index (κ2) is 9.71. The van der Waals surface area contributed by atoms with Gasteiger partial charge in [-0.1, -0.05) is 33.1 Å². The van der Waals surface area contributed by atoms with Gasteiger partial charge in [0.1, 0.15) is 0 Å². The predicted octanol–water partition coefficient (Wildman–Crippen LogP) is 1.08. The van der Waals surface area contributed by atoms with Gasteiger partial charge in [0, 0.05) is 48.0 Å². The summed E-state index contributed by atoms with van der Waals surface area (Å²) in [4.78, 5) is 14.0. The molecule has 3 rings (SSSR count). The van der Waals surface area contributed by atoms with E-state index in [4.69, 9.17) is 4.52 Å². The number of aromatic nitrogens is 2. The largest absolute Gasteiger partial charge is 0.372 e. The lowest BCUT2D eigenvalue weighted by Crippen LogP contribution is -2.67. The first-order valence-electron chi connectivity index (χ1n) is 10.3. The Morgan fingerprint density at radius 1 is 1.21 bits per heavy atom. The van der Waals surface area contributed by atoms with E-state index in [1.165, 1.54) is 19.8 Å². The number of amides is 1. The number of anilines is 1. The molecule has 1 aromatic rings.